The molecule has 136 valence electrons. The highest BCUT2D eigenvalue weighted by molar-refractivity contribution is 14.1. The Morgan fingerprint density at radius 1 is 1.12 bits per heavy atom. The van der Waals surface area contributed by atoms with Crippen molar-refractivity contribution in [2.45, 2.75) is 0 Å². The largest absolute Gasteiger partial charge is 0.482 e. The summed E-state index contributed by atoms with van der Waals surface area (Å²) in [5, 5.41) is 3.05. The summed E-state index contributed by atoms with van der Waals surface area (Å²) in [6.45, 7) is -0.312. The third-order valence-electron chi connectivity index (χ3n) is 2.91. The second kappa shape index (κ2) is 9.91. The number of amides is 2. The number of benzene rings is 2. The summed E-state index contributed by atoms with van der Waals surface area (Å²) in [6, 6.07) is 11.7. The predicted molar refractivity (Wildman–Crippen MR) is 112 cm³/mol. The number of thiocarbonyl (C=S) groups is 1. The van der Waals surface area contributed by atoms with Crippen molar-refractivity contribution in [2.24, 2.45) is 0 Å². The van der Waals surface area contributed by atoms with E-state index in [1.807, 2.05) is 28.7 Å². The van der Waals surface area contributed by atoms with E-state index in [1.54, 1.807) is 30.3 Å². The highest BCUT2D eigenvalue weighted by Crippen LogP contribution is 2.27. The van der Waals surface area contributed by atoms with Crippen LogP contribution in [0.1, 0.15) is 10.4 Å². The van der Waals surface area contributed by atoms with E-state index in [0.29, 0.717) is 16.3 Å². The highest BCUT2D eigenvalue weighted by atomic mass is 127. The average molecular weight is 524 g/mol. The van der Waals surface area contributed by atoms with Crippen LogP contribution in [0.15, 0.2) is 42.5 Å². The lowest BCUT2D eigenvalue weighted by Crippen LogP contribution is -2.49. The summed E-state index contributed by atoms with van der Waals surface area (Å²) in [7, 11) is 0. The SMILES string of the molecule is O=C(COc1ccc(Cl)cc1Cl)NC(=S)NNC(=O)c1ccccc1I. The molecule has 2 aromatic carbocycles. The van der Waals surface area contributed by atoms with Crippen molar-refractivity contribution >= 4 is 74.9 Å². The molecule has 0 saturated heterocycles. The minimum absolute atomic E-state index is 0.0694. The van der Waals surface area contributed by atoms with E-state index in [0.717, 1.165) is 3.57 Å². The number of hydrogen-bond acceptors (Lipinski definition) is 4. The lowest BCUT2D eigenvalue weighted by Gasteiger charge is -2.12. The lowest BCUT2D eigenvalue weighted by molar-refractivity contribution is -0.121. The molecule has 6 nitrogen and oxygen atoms in total. The molecule has 0 saturated carbocycles. The van der Waals surface area contributed by atoms with Crippen molar-refractivity contribution < 1.29 is 14.3 Å². The zero-order valence-corrected chi connectivity index (χ0v) is 17.5. The smallest absolute Gasteiger partial charge is 0.270 e. The molecule has 0 aromatic heterocycles. The van der Waals surface area contributed by atoms with Crippen LogP contribution >= 0.6 is 58.0 Å². The van der Waals surface area contributed by atoms with Gasteiger partial charge in [0, 0.05) is 8.59 Å². The standard InChI is InChI=1S/C16H12Cl2IN3O3S/c17-9-5-6-13(11(18)7-9)25-8-14(23)20-16(26)22-21-15(24)10-3-1-2-4-12(10)19/h1-7H,8H2,(H,21,24)(H2,20,22,23,26). The molecule has 2 aromatic rings. The van der Waals surface area contributed by atoms with Gasteiger partial charge in [-0.25, -0.2) is 0 Å². The molecule has 0 unspecified atom stereocenters. The van der Waals surface area contributed by atoms with Crippen molar-refractivity contribution in [1.82, 2.24) is 16.2 Å². The molecule has 10 heteroatoms. The third-order valence-corrected chi connectivity index (χ3v) is 4.59. The van der Waals surface area contributed by atoms with Gasteiger partial charge in [0.2, 0.25) is 0 Å². The molecule has 0 spiro atoms. The van der Waals surface area contributed by atoms with E-state index in [1.165, 1.54) is 6.07 Å². The molecule has 0 bridgehead atoms. The van der Waals surface area contributed by atoms with Crippen LogP contribution in [0.25, 0.3) is 0 Å². The Hall–Kier alpha value is -1.62. The van der Waals surface area contributed by atoms with Crippen molar-refractivity contribution in [2.75, 3.05) is 6.61 Å². The van der Waals surface area contributed by atoms with E-state index in [2.05, 4.69) is 16.2 Å². The second-order valence-electron chi connectivity index (χ2n) is 4.80. The normalized spacial score (nSPS) is 9.96. The van der Waals surface area contributed by atoms with Gasteiger partial charge in [-0.05, 0) is 65.1 Å². The Labute approximate surface area is 178 Å². The van der Waals surface area contributed by atoms with Crippen LogP contribution in [0.2, 0.25) is 10.0 Å². The van der Waals surface area contributed by atoms with E-state index in [4.69, 9.17) is 40.2 Å². The van der Waals surface area contributed by atoms with Crippen molar-refractivity contribution in [3.8, 4) is 5.75 Å². The van der Waals surface area contributed by atoms with Crippen LogP contribution in [0.5, 0.6) is 5.75 Å². The van der Waals surface area contributed by atoms with Crippen LogP contribution in [0.3, 0.4) is 0 Å². The molecule has 0 aliphatic rings. The van der Waals surface area contributed by atoms with Gasteiger partial charge in [-0.2, -0.15) is 0 Å². The molecular formula is C16H12Cl2IN3O3S. The molecule has 26 heavy (non-hydrogen) atoms. The van der Waals surface area contributed by atoms with E-state index >= 15 is 0 Å². The van der Waals surface area contributed by atoms with Gasteiger partial charge in [0.15, 0.2) is 11.7 Å². The zero-order valence-electron chi connectivity index (χ0n) is 13.0. The first-order valence-corrected chi connectivity index (χ1v) is 9.33. The third kappa shape index (κ3) is 6.27. The molecule has 3 N–H and O–H groups in total. The summed E-state index contributed by atoms with van der Waals surface area (Å²) >= 11 is 18.7. The Morgan fingerprint density at radius 2 is 1.85 bits per heavy atom. The Balaban J connectivity index is 1.77. The molecule has 0 radical (unpaired) electrons. The predicted octanol–water partition coefficient (Wildman–Crippen LogP) is 3.31. The molecule has 0 atom stereocenters. The van der Waals surface area contributed by atoms with Gasteiger partial charge in [-0.3, -0.25) is 25.8 Å². The monoisotopic (exact) mass is 523 g/mol. The van der Waals surface area contributed by atoms with Crippen LogP contribution in [-0.4, -0.2) is 23.5 Å². The first-order valence-electron chi connectivity index (χ1n) is 7.09. The zero-order chi connectivity index (χ0) is 19.1. The summed E-state index contributed by atoms with van der Waals surface area (Å²) in [6.07, 6.45) is 0. The van der Waals surface area contributed by atoms with Crippen molar-refractivity contribution in [1.29, 1.82) is 0 Å². The number of hydrazine groups is 1. The molecule has 0 aliphatic heterocycles. The van der Waals surface area contributed by atoms with Gasteiger partial charge in [0.25, 0.3) is 11.8 Å². The van der Waals surface area contributed by atoms with Crippen molar-refractivity contribution in [3.63, 3.8) is 0 Å². The fourth-order valence-electron chi connectivity index (χ4n) is 1.76. The first-order chi connectivity index (χ1) is 12.4. The van der Waals surface area contributed by atoms with E-state index in [9.17, 15) is 9.59 Å². The van der Waals surface area contributed by atoms with Crippen LogP contribution in [-0.2, 0) is 4.79 Å². The molecule has 0 aliphatic carbocycles. The first kappa shape index (κ1) is 20.7. The van der Waals surface area contributed by atoms with Crippen LogP contribution in [0, 0.1) is 3.57 Å². The lowest BCUT2D eigenvalue weighted by atomic mass is 10.2. The number of hydrogen-bond donors (Lipinski definition) is 3. The Bertz CT molecular complexity index is 851. The minimum Gasteiger partial charge on any atom is -0.482 e. The summed E-state index contributed by atoms with van der Waals surface area (Å²) in [5.41, 5.74) is 5.34. The van der Waals surface area contributed by atoms with Gasteiger partial charge < -0.3 is 4.74 Å². The maximum Gasteiger partial charge on any atom is 0.270 e. The van der Waals surface area contributed by atoms with Gasteiger partial charge in [0.05, 0.1) is 10.6 Å². The topological polar surface area (TPSA) is 79.5 Å². The van der Waals surface area contributed by atoms with Gasteiger partial charge in [0.1, 0.15) is 5.75 Å². The van der Waals surface area contributed by atoms with Crippen LogP contribution < -0.4 is 20.9 Å². The number of rotatable bonds is 4. The molecular weight excluding hydrogens is 512 g/mol. The number of ether oxygens (including phenoxy) is 1. The highest BCUT2D eigenvalue weighted by Gasteiger charge is 2.11. The van der Waals surface area contributed by atoms with E-state index in [-0.39, 0.29) is 22.6 Å². The molecule has 2 rings (SSSR count). The molecule has 0 fully saturated rings. The molecule has 2 amide bonds. The maximum absolute atomic E-state index is 12.0. The quantitative estimate of drug-likeness (QED) is 0.325. The summed E-state index contributed by atoms with van der Waals surface area (Å²) < 4.78 is 6.07. The van der Waals surface area contributed by atoms with Crippen LogP contribution in [0.4, 0.5) is 0 Å². The number of carbonyl (C=O) groups is 2. The number of carbonyl (C=O) groups excluding carboxylic acids is 2. The number of halogens is 3. The minimum atomic E-state index is -0.517. The van der Waals surface area contributed by atoms with E-state index < -0.39 is 5.91 Å². The average Bonchev–Trinajstić information content (AvgIpc) is 2.59. The fraction of sp³-hybridized carbons (Fsp3) is 0.0625. The summed E-state index contributed by atoms with van der Waals surface area (Å²) in [5.74, 6) is -0.579. The van der Waals surface area contributed by atoms with Gasteiger partial charge in [-0.1, -0.05) is 35.3 Å². The Kier molecular flexibility index (Phi) is 7.88. The van der Waals surface area contributed by atoms with Crippen molar-refractivity contribution in [3.05, 3.63) is 61.6 Å². The fourth-order valence-corrected chi connectivity index (χ4v) is 3.02. The Morgan fingerprint density at radius 3 is 2.54 bits per heavy atom. The van der Waals surface area contributed by atoms with Gasteiger partial charge in [-0.15, -0.1) is 0 Å². The maximum atomic E-state index is 12.0. The molecule has 0 heterocycles. The summed E-state index contributed by atoms with van der Waals surface area (Å²) in [4.78, 5) is 23.9. The van der Waals surface area contributed by atoms with Gasteiger partial charge >= 0.3 is 0 Å². The number of nitrogens with one attached hydrogen (secondary N) is 3. The second-order valence-corrected chi connectivity index (χ2v) is 7.21.